The fourth-order valence-electron chi connectivity index (χ4n) is 4.58. The third-order valence-corrected chi connectivity index (χ3v) is 8.31. The lowest BCUT2D eigenvalue weighted by atomic mass is 10.0. The smallest absolute Gasteiger partial charge is 0.245 e. The van der Waals surface area contributed by atoms with Gasteiger partial charge in [-0.2, -0.15) is 5.10 Å². The Morgan fingerprint density at radius 2 is 1.73 bits per heavy atom. The highest BCUT2D eigenvalue weighted by Crippen LogP contribution is 2.30. The molecule has 0 atom stereocenters. The zero-order chi connectivity index (χ0) is 25.4. The van der Waals surface area contributed by atoms with Gasteiger partial charge in [0.15, 0.2) is 5.82 Å². The summed E-state index contributed by atoms with van der Waals surface area (Å²) in [6, 6.07) is 23.6. The Hall–Kier alpha value is -4.44. The molecule has 0 spiro atoms. The maximum Gasteiger partial charge on any atom is 0.245 e. The number of rotatable bonds is 6. The van der Waals surface area contributed by atoms with Crippen molar-refractivity contribution in [2.45, 2.75) is 13.0 Å². The number of anilines is 2. The third kappa shape index (κ3) is 4.58. The summed E-state index contributed by atoms with van der Waals surface area (Å²) in [7, 11) is -3.30. The summed E-state index contributed by atoms with van der Waals surface area (Å²) >= 11 is 0. The van der Waals surface area contributed by atoms with E-state index >= 15 is 0 Å². The van der Waals surface area contributed by atoms with Gasteiger partial charge in [0.1, 0.15) is 6.54 Å². The van der Waals surface area contributed by atoms with Crippen LogP contribution in [0.15, 0.2) is 85.3 Å². The largest absolute Gasteiger partial charge is 0.327 e. The summed E-state index contributed by atoms with van der Waals surface area (Å²) in [5.74, 6) is 0.232. The number of nitrogens with one attached hydrogen (secondary N) is 2. The molecule has 0 saturated carbocycles. The average Bonchev–Trinajstić information content (AvgIpc) is 3.63. The van der Waals surface area contributed by atoms with Gasteiger partial charge in [0.2, 0.25) is 15.9 Å². The van der Waals surface area contributed by atoms with Gasteiger partial charge in [-0.05, 0) is 35.7 Å². The van der Waals surface area contributed by atoms with Crippen LogP contribution in [-0.4, -0.2) is 46.4 Å². The molecule has 2 N–H and O–H groups in total. The average molecular weight is 513 g/mol. The molecule has 1 aliphatic rings. The zero-order valence-electron chi connectivity index (χ0n) is 19.8. The molecule has 0 unspecified atom stereocenters. The first-order chi connectivity index (χ1) is 18.0. The fraction of sp³-hybridized carbons (Fsp3) is 0.148. The number of hydrogen-bond acceptors (Lipinski definition) is 5. The van der Waals surface area contributed by atoms with E-state index in [1.807, 2.05) is 36.5 Å². The number of fused-ring (bicyclic) bond motifs is 1. The van der Waals surface area contributed by atoms with Crippen LogP contribution in [0, 0.1) is 0 Å². The molecule has 1 aliphatic heterocycles. The van der Waals surface area contributed by atoms with E-state index in [2.05, 4.69) is 44.8 Å². The quantitative estimate of drug-likeness (QED) is 0.353. The molecule has 37 heavy (non-hydrogen) atoms. The van der Waals surface area contributed by atoms with E-state index in [1.54, 1.807) is 29.1 Å². The minimum absolute atomic E-state index is 0.0592. The molecule has 2 aromatic heterocycles. The van der Waals surface area contributed by atoms with E-state index in [0.29, 0.717) is 35.4 Å². The van der Waals surface area contributed by atoms with Crippen molar-refractivity contribution < 1.29 is 13.2 Å². The first-order valence-electron chi connectivity index (χ1n) is 11.9. The predicted molar refractivity (Wildman–Crippen MR) is 144 cm³/mol. The van der Waals surface area contributed by atoms with Gasteiger partial charge in [-0.3, -0.25) is 14.2 Å². The minimum Gasteiger partial charge on any atom is -0.327 e. The summed E-state index contributed by atoms with van der Waals surface area (Å²) in [6.07, 6.45) is 4.05. The van der Waals surface area contributed by atoms with Crippen molar-refractivity contribution in [1.29, 1.82) is 0 Å². The summed E-state index contributed by atoms with van der Waals surface area (Å²) in [5, 5.41) is 10.6. The number of carbonyl (C=O) groups is 1. The molecule has 0 radical (unpaired) electrons. The monoisotopic (exact) mass is 512 g/mol. The number of H-pyrrole nitrogens is 1. The molecule has 3 aromatic carbocycles. The number of aromatic amines is 1. The lowest BCUT2D eigenvalue weighted by Crippen LogP contribution is -2.24. The van der Waals surface area contributed by atoms with Crippen LogP contribution in [-0.2, 0) is 21.4 Å². The fourth-order valence-corrected chi connectivity index (χ4v) is 6.14. The van der Waals surface area contributed by atoms with Gasteiger partial charge in [0.25, 0.3) is 0 Å². The lowest BCUT2D eigenvalue weighted by Gasteiger charge is -2.16. The van der Waals surface area contributed by atoms with Gasteiger partial charge in [-0.25, -0.2) is 13.4 Å². The molecule has 3 heterocycles. The molecule has 1 amide bonds. The summed E-state index contributed by atoms with van der Waals surface area (Å²) < 4.78 is 27.7. The van der Waals surface area contributed by atoms with Crippen molar-refractivity contribution in [3.05, 3.63) is 85.3 Å². The van der Waals surface area contributed by atoms with Gasteiger partial charge in [-0.15, -0.1) is 0 Å². The molecular weight excluding hydrogens is 488 g/mol. The summed E-state index contributed by atoms with van der Waals surface area (Å²) in [4.78, 5) is 17.3. The van der Waals surface area contributed by atoms with Gasteiger partial charge >= 0.3 is 0 Å². The van der Waals surface area contributed by atoms with Gasteiger partial charge in [-0.1, -0.05) is 54.6 Å². The normalized spacial score (nSPS) is 14.8. The lowest BCUT2D eigenvalue weighted by molar-refractivity contribution is -0.116. The maximum absolute atomic E-state index is 12.8. The second-order valence-electron chi connectivity index (χ2n) is 8.97. The van der Waals surface area contributed by atoms with Crippen molar-refractivity contribution >= 4 is 38.3 Å². The highest BCUT2D eigenvalue weighted by atomic mass is 32.2. The Balaban J connectivity index is 1.15. The number of sulfonamides is 1. The third-order valence-electron chi connectivity index (χ3n) is 6.44. The van der Waals surface area contributed by atoms with Crippen LogP contribution in [0.5, 0.6) is 0 Å². The predicted octanol–water partition coefficient (Wildman–Crippen LogP) is 4.27. The number of carbonyl (C=O) groups excluding carboxylic acids is 1. The number of benzene rings is 3. The molecule has 1 saturated heterocycles. The van der Waals surface area contributed by atoms with E-state index in [0.717, 1.165) is 22.4 Å². The van der Waals surface area contributed by atoms with Crippen molar-refractivity contribution in [2.24, 2.45) is 0 Å². The van der Waals surface area contributed by atoms with Gasteiger partial charge in [0.05, 0.1) is 29.0 Å². The summed E-state index contributed by atoms with van der Waals surface area (Å²) in [6.45, 7) is 0.509. The van der Waals surface area contributed by atoms with Gasteiger partial charge in [0, 0.05) is 23.7 Å². The van der Waals surface area contributed by atoms with Crippen LogP contribution in [0.2, 0.25) is 0 Å². The molecule has 1 fully saturated rings. The Morgan fingerprint density at radius 3 is 2.49 bits per heavy atom. The summed E-state index contributed by atoms with van der Waals surface area (Å²) in [5.41, 5.74) is 5.28. The molecule has 0 aliphatic carbocycles. The minimum atomic E-state index is -3.30. The Bertz CT molecular complexity index is 1690. The van der Waals surface area contributed by atoms with Crippen LogP contribution >= 0.6 is 0 Å². The molecule has 10 heteroatoms. The van der Waals surface area contributed by atoms with Crippen molar-refractivity contribution in [1.82, 2.24) is 19.7 Å². The Kier molecular flexibility index (Phi) is 5.72. The van der Waals surface area contributed by atoms with E-state index in [1.165, 1.54) is 4.31 Å². The Morgan fingerprint density at radius 1 is 0.973 bits per heavy atom. The highest BCUT2D eigenvalue weighted by molar-refractivity contribution is 7.93. The molecule has 5 aromatic rings. The molecule has 0 bridgehead atoms. The number of amides is 1. The zero-order valence-corrected chi connectivity index (χ0v) is 20.6. The van der Waals surface area contributed by atoms with Crippen LogP contribution < -0.4 is 9.62 Å². The van der Waals surface area contributed by atoms with E-state index in [9.17, 15) is 13.2 Å². The maximum atomic E-state index is 12.8. The Labute approximate surface area is 213 Å². The van der Waals surface area contributed by atoms with Gasteiger partial charge < -0.3 is 9.88 Å². The first-order valence-corrected chi connectivity index (χ1v) is 13.5. The molecular formula is C27H24N6O3S. The van der Waals surface area contributed by atoms with Crippen LogP contribution in [0.3, 0.4) is 0 Å². The van der Waals surface area contributed by atoms with Crippen LogP contribution in [0.4, 0.5) is 11.5 Å². The van der Waals surface area contributed by atoms with E-state index in [-0.39, 0.29) is 18.2 Å². The second kappa shape index (κ2) is 9.21. The number of aromatic nitrogens is 4. The highest BCUT2D eigenvalue weighted by Gasteiger charge is 2.28. The molecule has 6 rings (SSSR count). The molecule has 186 valence electrons. The van der Waals surface area contributed by atoms with Crippen molar-refractivity contribution in [3.63, 3.8) is 0 Å². The topological polar surface area (TPSA) is 113 Å². The van der Waals surface area contributed by atoms with E-state index < -0.39 is 10.0 Å². The van der Waals surface area contributed by atoms with Crippen molar-refractivity contribution in [3.8, 4) is 22.4 Å². The first kappa shape index (κ1) is 23.0. The van der Waals surface area contributed by atoms with Crippen molar-refractivity contribution in [2.75, 3.05) is 21.9 Å². The number of imidazole rings is 1. The molecule has 9 nitrogen and oxygen atoms in total. The number of hydrogen-bond donors (Lipinski definition) is 2. The standard InChI is InChI=1S/C27H24N6O3S/c34-26(29-27-23-15-22(11-12-24(23)30-31-27)33-13-4-14-37(33,35)36)17-32-16-25(28-18-32)21-9-7-20(8-10-21)19-5-2-1-3-6-19/h1-3,5-12,15-16,18H,4,13-14,17H2,(H2,29,30,31,34). The van der Waals surface area contributed by atoms with Crippen LogP contribution in [0.1, 0.15) is 6.42 Å². The second-order valence-corrected chi connectivity index (χ2v) is 11.0. The SMILES string of the molecule is O=C(Cn1cnc(-c2ccc(-c3ccccc3)cc2)c1)Nc1n[nH]c2ccc(N3CCCS3(=O)=O)cc12. The number of nitrogens with zero attached hydrogens (tertiary/aromatic N) is 4. The van der Waals surface area contributed by atoms with Crippen LogP contribution in [0.25, 0.3) is 33.3 Å². The van der Waals surface area contributed by atoms with E-state index in [4.69, 9.17) is 0 Å².